The fraction of sp³-hybridized carbons (Fsp3) is 0.588. The minimum atomic E-state index is -0.0881. The maximum absolute atomic E-state index is 12.0. The van der Waals surface area contributed by atoms with Crippen LogP contribution in [-0.2, 0) is 6.54 Å². The number of carbonyl (C=O) groups is 1. The Morgan fingerprint density at radius 1 is 1.21 bits per heavy atom. The molecular formula is C17H23N5OS. The Morgan fingerprint density at radius 2 is 2.00 bits per heavy atom. The number of aromatic nitrogens is 3. The molecule has 0 saturated heterocycles. The van der Waals surface area contributed by atoms with E-state index in [9.17, 15) is 4.79 Å². The van der Waals surface area contributed by atoms with Gasteiger partial charge in [-0.1, -0.05) is 5.21 Å². The SMILES string of the molecule is O=C(NC1CC1)c1cn(C2CCC(NCc3ccsc3)CC2)nn1. The minimum absolute atomic E-state index is 0.0881. The monoisotopic (exact) mass is 345 g/mol. The maximum Gasteiger partial charge on any atom is 0.273 e. The molecule has 0 bridgehead atoms. The molecule has 24 heavy (non-hydrogen) atoms. The van der Waals surface area contributed by atoms with E-state index in [0.717, 1.165) is 45.1 Å². The first kappa shape index (κ1) is 15.8. The van der Waals surface area contributed by atoms with Gasteiger partial charge in [-0.3, -0.25) is 4.79 Å². The predicted octanol–water partition coefficient (Wildman–Crippen LogP) is 2.51. The van der Waals surface area contributed by atoms with Gasteiger partial charge in [0.25, 0.3) is 5.91 Å². The average Bonchev–Trinajstić information content (AvgIpc) is 3.08. The van der Waals surface area contributed by atoms with Crippen LogP contribution in [0.1, 0.15) is 60.6 Å². The van der Waals surface area contributed by atoms with Crippen molar-refractivity contribution in [3.8, 4) is 0 Å². The molecule has 6 nitrogen and oxygen atoms in total. The van der Waals surface area contributed by atoms with E-state index in [1.54, 1.807) is 11.3 Å². The van der Waals surface area contributed by atoms with Crippen LogP contribution in [0.15, 0.2) is 23.0 Å². The summed E-state index contributed by atoms with van der Waals surface area (Å²) in [7, 11) is 0. The number of carbonyl (C=O) groups excluding carboxylic acids is 1. The molecule has 0 aliphatic heterocycles. The van der Waals surface area contributed by atoms with Crippen LogP contribution in [0.3, 0.4) is 0 Å². The van der Waals surface area contributed by atoms with E-state index in [-0.39, 0.29) is 5.91 Å². The van der Waals surface area contributed by atoms with E-state index in [4.69, 9.17) is 0 Å². The van der Waals surface area contributed by atoms with Crippen LogP contribution in [0.5, 0.6) is 0 Å². The number of thiophene rings is 1. The fourth-order valence-corrected chi connectivity index (χ4v) is 3.91. The minimum Gasteiger partial charge on any atom is -0.348 e. The second kappa shape index (κ2) is 7.03. The molecule has 128 valence electrons. The number of nitrogens with one attached hydrogen (secondary N) is 2. The first-order valence-corrected chi connectivity index (χ1v) is 9.69. The van der Waals surface area contributed by atoms with E-state index >= 15 is 0 Å². The lowest BCUT2D eigenvalue weighted by Crippen LogP contribution is -2.33. The molecule has 4 rings (SSSR count). The Labute approximate surface area is 145 Å². The highest BCUT2D eigenvalue weighted by Crippen LogP contribution is 2.28. The molecule has 2 aliphatic carbocycles. The Bertz CT molecular complexity index is 671. The van der Waals surface area contributed by atoms with Crippen molar-refractivity contribution in [1.82, 2.24) is 25.6 Å². The Balaban J connectivity index is 1.26. The van der Waals surface area contributed by atoms with Crippen molar-refractivity contribution >= 4 is 17.2 Å². The van der Waals surface area contributed by atoms with Gasteiger partial charge >= 0.3 is 0 Å². The molecule has 2 aliphatic rings. The van der Waals surface area contributed by atoms with Gasteiger partial charge in [0, 0.05) is 18.6 Å². The van der Waals surface area contributed by atoms with Gasteiger partial charge in [0.05, 0.1) is 12.2 Å². The average molecular weight is 345 g/mol. The Kier molecular flexibility index (Phi) is 4.62. The number of nitrogens with zero attached hydrogens (tertiary/aromatic N) is 3. The molecule has 0 aromatic carbocycles. The summed E-state index contributed by atoms with van der Waals surface area (Å²) in [5, 5.41) is 19.2. The molecule has 2 aromatic rings. The largest absolute Gasteiger partial charge is 0.348 e. The fourth-order valence-electron chi connectivity index (χ4n) is 3.25. The van der Waals surface area contributed by atoms with Crippen molar-refractivity contribution < 1.29 is 4.79 Å². The van der Waals surface area contributed by atoms with Crippen LogP contribution in [0, 0.1) is 0 Å². The quantitative estimate of drug-likeness (QED) is 0.844. The first-order valence-electron chi connectivity index (χ1n) is 8.75. The van der Waals surface area contributed by atoms with Gasteiger partial charge in [0.2, 0.25) is 0 Å². The summed E-state index contributed by atoms with van der Waals surface area (Å²) in [6.07, 6.45) is 8.41. The van der Waals surface area contributed by atoms with E-state index in [0.29, 0.717) is 23.8 Å². The Hall–Kier alpha value is -1.73. The predicted molar refractivity (Wildman–Crippen MR) is 93.0 cm³/mol. The van der Waals surface area contributed by atoms with Crippen molar-refractivity contribution in [2.45, 2.75) is 63.2 Å². The highest BCUT2D eigenvalue weighted by molar-refractivity contribution is 7.07. The van der Waals surface area contributed by atoms with Gasteiger partial charge < -0.3 is 10.6 Å². The van der Waals surface area contributed by atoms with Crippen molar-refractivity contribution in [2.75, 3.05) is 0 Å². The van der Waals surface area contributed by atoms with Crippen LogP contribution < -0.4 is 10.6 Å². The molecule has 2 N–H and O–H groups in total. The standard InChI is InChI=1S/C17H23N5OS/c23-17(19-14-1-2-14)16-10-22(21-20-16)15-5-3-13(4-6-15)18-9-12-7-8-24-11-12/h7-8,10-11,13-15,18H,1-6,9H2,(H,19,23). The van der Waals surface area contributed by atoms with Gasteiger partial charge in [0.1, 0.15) is 0 Å². The van der Waals surface area contributed by atoms with Crippen molar-refractivity contribution in [2.24, 2.45) is 0 Å². The smallest absolute Gasteiger partial charge is 0.273 e. The molecule has 2 heterocycles. The van der Waals surface area contributed by atoms with E-state index in [1.165, 1.54) is 5.56 Å². The van der Waals surface area contributed by atoms with E-state index in [2.05, 4.69) is 37.8 Å². The summed E-state index contributed by atoms with van der Waals surface area (Å²) in [6.45, 7) is 0.952. The molecule has 0 radical (unpaired) electrons. The summed E-state index contributed by atoms with van der Waals surface area (Å²) < 4.78 is 1.89. The zero-order chi connectivity index (χ0) is 16.4. The highest BCUT2D eigenvalue weighted by Gasteiger charge is 2.27. The summed E-state index contributed by atoms with van der Waals surface area (Å²) in [5.74, 6) is -0.0881. The van der Waals surface area contributed by atoms with Crippen molar-refractivity contribution in [3.63, 3.8) is 0 Å². The van der Waals surface area contributed by atoms with Gasteiger partial charge in [-0.15, -0.1) is 5.10 Å². The third-order valence-electron chi connectivity index (χ3n) is 4.90. The Morgan fingerprint density at radius 3 is 2.71 bits per heavy atom. The van der Waals surface area contributed by atoms with E-state index < -0.39 is 0 Å². The summed E-state index contributed by atoms with van der Waals surface area (Å²) in [6, 6.07) is 3.46. The lowest BCUT2D eigenvalue weighted by Gasteiger charge is -2.29. The molecule has 0 unspecified atom stereocenters. The zero-order valence-electron chi connectivity index (χ0n) is 13.6. The molecular weight excluding hydrogens is 322 g/mol. The molecule has 0 atom stereocenters. The number of rotatable bonds is 6. The number of hydrogen-bond donors (Lipinski definition) is 2. The second-order valence-corrected chi connectivity index (χ2v) is 7.63. The van der Waals surface area contributed by atoms with Crippen LogP contribution in [-0.4, -0.2) is 33.0 Å². The van der Waals surface area contributed by atoms with Crippen LogP contribution in [0.2, 0.25) is 0 Å². The third kappa shape index (κ3) is 3.84. The molecule has 7 heteroatoms. The van der Waals surface area contributed by atoms with Gasteiger partial charge in [-0.2, -0.15) is 11.3 Å². The lowest BCUT2D eigenvalue weighted by atomic mass is 9.91. The van der Waals surface area contributed by atoms with Gasteiger partial charge in [-0.25, -0.2) is 4.68 Å². The highest BCUT2D eigenvalue weighted by atomic mass is 32.1. The number of amides is 1. The van der Waals surface area contributed by atoms with Crippen molar-refractivity contribution in [3.05, 3.63) is 34.3 Å². The lowest BCUT2D eigenvalue weighted by molar-refractivity contribution is 0.0946. The van der Waals surface area contributed by atoms with Crippen LogP contribution in [0.25, 0.3) is 0 Å². The summed E-state index contributed by atoms with van der Waals surface area (Å²) in [4.78, 5) is 12.0. The maximum atomic E-state index is 12.0. The summed E-state index contributed by atoms with van der Waals surface area (Å²) in [5.41, 5.74) is 1.81. The normalized spacial score (nSPS) is 24.0. The van der Waals surface area contributed by atoms with Crippen LogP contribution >= 0.6 is 11.3 Å². The molecule has 2 fully saturated rings. The number of hydrogen-bond acceptors (Lipinski definition) is 5. The third-order valence-corrected chi connectivity index (χ3v) is 5.63. The second-order valence-electron chi connectivity index (χ2n) is 6.85. The van der Waals surface area contributed by atoms with Crippen molar-refractivity contribution in [1.29, 1.82) is 0 Å². The van der Waals surface area contributed by atoms with Crippen LogP contribution in [0.4, 0.5) is 0 Å². The zero-order valence-corrected chi connectivity index (χ0v) is 14.5. The molecule has 2 aromatic heterocycles. The molecule has 0 spiro atoms. The summed E-state index contributed by atoms with van der Waals surface area (Å²) >= 11 is 1.74. The first-order chi connectivity index (χ1) is 11.8. The van der Waals surface area contributed by atoms with E-state index in [1.807, 2.05) is 10.9 Å². The topological polar surface area (TPSA) is 71.8 Å². The van der Waals surface area contributed by atoms with Gasteiger partial charge in [0.15, 0.2) is 5.69 Å². The molecule has 1 amide bonds. The van der Waals surface area contributed by atoms with Gasteiger partial charge in [-0.05, 0) is 60.9 Å². The molecule has 2 saturated carbocycles.